The number of anilines is 2. The largest absolute Gasteiger partial charge is 0.444 e. The highest BCUT2D eigenvalue weighted by Gasteiger charge is 2.27. The van der Waals surface area contributed by atoms with Crippen molar-refractivity contribution >= 4 is 33.4 Å². The highest BCUT2D eigenvalue weighted by molar-refractivity contribution is 9.10. The van der Waals surface area contributed by atoms with Gasteiger partial charge in [0.05, 0.1) is 11.4 Å². The number of benzene rings is 1. The topological polar surface area (TPSA) is 67.6 Å². The monoisotopic (exact) mass is 369 g/mol. The fourth-order valence-corrected chi connectivity index (χ4v) is 2.82. The Hall–Kier alpha value is -1.43. The van der Waals surface area contributed by atoms with Gasteiger partial charge in [0.1, 0.15) is 5.60 Å². The molecule has 6 heteroatoms. The molecule has 122 valence electrons. The third kappa shape index (κ3) is 4.80. The molecule has 3 N–H and O–H groups in total. The van der Waals surface area contributed by atoms with E-state index < -0.39 is 5.60 Å². The average molecular weight is 370 g/mol. The lowest BCUT2D eigenvalue weighted by molar-refractivity contribution is 0.0206. The van der Waals surface area contributed by atoms with Crippen molar-refractivity contribution < 1.29 is 9.53 Å². The molecule has 0 spiro atoms. The fourth-order valence-electron chi connectivity index (χ4n) is 2.46. The number of nitrogens with zero attached hydrogens (tertiary/aromatic N) is 1. The summed E-state index contributed by atoms with van der Waals surface area (Å²) in [6.45, 7) is 7.01. The van der Waals surface area contributed by atoms with Gasteiger partial charge >= 0.3 is 6.09 Å². The first-order valence-corrected chi connectivity index (χ1v) is 8.33. The maximum Gasteiger partial charge on any atom is 0.410 e. The molecule has 1 unspecified atom stereocenters. The van der Waals surface area contributed by atoms with Gasteiger partial charge in [-0.3, -0.25) is 0 Å². The summed E-state index contributed by atoms with van der Waals surface area (Å²) >= 11 is 3.45. The highest BCUT2D eigenvalue weighted by atomic mass is 79.9. The molecular formula is C16H24BrN3O2. The normalized spacial score (nSPS) is 18.9. The van der Waals surface area contributed by atoms with Crippen LogP contribution in [0.4, 0.5) is 16.2 Å². The molecule has 1 amide bonds. The van der Waals surface area contributed by atoms with Gasteiger partial charge in [-0.15, -0.1) is 0 Å². The third-order valence-corrected chi connectivity index (χ3v) is 3.94. The van der Waals surface area contributed by atoms with E-state index in [1.165, 1.54) is 0 Å². The van der Waals surface area contributed by atoms with Crippen LogP contribution in [0.1, 0.15) is 33.6 Å². The predicted molar refractivity (Wildman–Crippen MR) is 93.0 cm³/mol. The first kappa shape index (κ1) is 16.9. The molecule has 1 aromatic carbocycles. The van der Waals surface area contributed by atoms with Gasteiger partial charge < -0.3 is 20.7 Å². The Balaban J connectivity index is 1.98. The molecule has 1 aromatic rings. The summed E-state index contributed by atoms with van der Waals surface area (Å²) in [5.74, 6) is 0. The second-order valence-electron chi connectivity index (χ2n) is 6.64. The molecule has 0 aliphatic carbocycles. The Kier molecular flexibility index (Phi) is 5.21. The van der Waals surface area contributed by atoms with Crippen LogP contribution in [0.3, 0.4) is 0 Å². The molecule has 0 bridgehead atoms. The van der Waals surface area contributed by atoms with E-state index >= 15 is 0 Å². The number of hydrogen-bond acceptors (Lipinski definition) is 4. The number of hydrogen-bond donors (Lipinski definition) is 2. The van der Waals surface area contributed by atoms with Crippen molar-refractivity contribution in [2.75, 3.05) is 24.1 Å². The van der Waals surface area contributed by atoms with Crippen LogP contribution in [0.2, 0.25) is 0 Å². The number of carbonyl (C=O) groups is 1. The zero-order valence-corrected chi connectivity index (χ0v) is 14.9. The maximum atomic E-state index is 12.2. The second kappa shape index (κ2) is 6.77. The van der Waals surface area contributed by atoms with E-state index in [1.807, 2.05) is 39.0 Å². The molecule has 2 rings (SSSR count). The van der Waals surface area contributed by atoms with Gasteiger partial charge in [-0.2, -0.15) is 0 Å². The molecule has 1 fully saturated rings. The first-order chi connectivity index (χ1) is 10.2. The van der Waals surface area contributed by atoms with Crippen molar-refractivity contribution in [3.63, 3.8) is 0 Å². The van der Waals surface area contributed by atoms with Crippen molar-refractivity contribution in [2.45, 2.75) is 45.3 Å². The Labute approximate surface area is 140 Å². The molecule has 0 aromatic heterocycles. The molecular weight excluding hydrogens is 346 g/mol. The van der Waals surface area contributed by atoms with Crippen LogP contribution >= 0.6 is 15.9 Å². The van der Waals surface area contributed by atoms with E-state index in [0.717, 1.165) is 29.5 Å². The summed E-state index contributed by atoms with van der Waals surface area (Å²) in [5, 5.41) is 3.43. The summed E-state index contributed by atoms with van der Waals surface area (Å²) in [6.07, 6.45) is 1.71. The van der Waals surface area contributed by atoms with Gasteiger partial charge in [0.25, 0.3) is 0 Å². The first-order valence-electron chi connectivity index (χ1n) is 7.54. The zero-order chi connectivity index (χ0) is 16.3. The van der Waals surface area contributed by atoms with Crippen molar-refractivity contribution in [2.24, 2.45) is 0 Å². The summed E-state index contributed by atoms with van der Waals surface area (Å²) in [5.41, 5.74) is 7.13. The third-order valence-electron chi connectivity index (χ3n) is 3.45. The van der Waals surface area contributed by atoms with Crippen LogP contribution < -0.4 is 11.1 Å². The van der Waals surface area contributed by atoms with E-state index in [-0.39, 0.29) is 12.1 Å². The minimum absolute atomic E-state index is 0.179. The minimum atomic E-state index is -0.466. The number of halogens is 1. The van der Waals surface area contributed by atoms with Gasteiger partial charge in [-0.05, 0) is 51.8 Å². The standard InChI is InChI=1S/C16H24BrN3O2/c1-16(2,3)22-15(21)20-8-4-5-12(10-20)19-14-9-11(17)6-7-13(14)18/h6-7,9,12,19H,4-5,8,10,18H2,1-3H3. The van der Waals surface area contributed by atoms with Crippen LogP contribution in [-0.2, 0) is 4.74 Å². The summed E-state index contributed by atoms with van der Waals surface area (Å²) in [4.78, 5) is 13.9. The van der Waals surface area contributed by atoms with Crippen molar-refractivity contribution in [1.82, 2.24) is 4.90 Å². The van der Waals surface area contributed by atoms with E-state index in [0.29, 0.717) is 12.2 Å². The van der Waals surface area contributed by atoms with Gasteiger partial charge in [-0.1, -0.05) is 15.9 Å². The Bertz CT molecular complexity index is 543. The lowest BCUT2D eigenvalue weighted by Gasteiger charge is -2.35. The van der Waals surface area contributed by atoms with Gasteiger partial charge in [0.2, 0.25) is 0 Å². The summed E-state index contributed by atoms with van der Waals surface area (Å²) < 4.78 is 6.42. The van der Waals surface area contributed by atoms with Gasteiger partial charge in [0.15, 0.2) is 0 Å². The van der Waals surface area contributed by atoms with Crippen LogP contribution in [0.5, 0.6) is 0 Å². The van der Waals surface area contributed by atoms with Crippen LogP contribution in [0, 0.1) is 0 Å². The summed E-state index contributed by atoms with van der Waals surface area (Å²) in [6, 6.07) is 5.91. The van der Waals surface area contributed by atoms with Crippen molar-refractivity contribution in [1.29, 1.82) is 0 Å². The molecule has 0 radical (unpaired) electrons. The van der Waals surface area contributed by atoms with Gasteiger partial charge in [-0.25, -0.2) is 4.79 Å². The molecule has 22 heavy (non-hydrogen) atoms. The average Bonchev–Trinajstić information content (AvgIpc) is 2.41. The van der Waals surface area contributed by atoms with Crippen LogP contribution in [-0.4, -0.2) is 35.7 Å². The molecule has 1 atom stereocenters. The van der Waals surface area contributed by atoms with E-state index in [1.54, 1.807) is 4.90 Å². The number of nitrogens with one attached hydrogen (secondary N) is 1. The van der Waals surface area contributed by atoms with Crippen LogP contribution in [0.15, 0.2) is 22.7 Å². The number of nitrogens with two attached hydrogens (primary N) is 1. The number of ether oxygens (including phenoxy) is 1. The molecule has 1 saturated heterocycles. The van der Waals surface area contributed by atoms with Crippen molar-refractivity contribution in [3.8, 4) is 0 Å². The quantitative estimate of drug-likeness (QED) is 0.777. The van der Waals surface area contributed by atoms with E-state index in [4.69, 9.17) is 10.5 Å². The number of likely N-dealkylation sites (tertiary alicyclic amines) is 1. The molecule has 1 aliphatic heterocycles. The molecule has 1 heterocycles. The van der Waals surface area contributed by atoms with Crippen molar-refractivity contribution in [3.05, 3.63) is 22.7 Å². The maximum absolute atomic E-state index is 12.2. The lowest BCUT2D eigenvalue weighted by atomic mass is 10.1. The molecule has 5 nitrogen and oxygen atoms in total. The Morgan fingerprint density at radius 1 is 1.45 bits per heavy atom. The van der Waals surface area contributed by atoms with E-state index in [9.17, 15) is 4.79 Å². The van der Waals surface area contributed by atoms with E-state index in [2.05, 4.69) is 21.2 Å². The number of piperidine rings is 1. The number of amides is 1. The second-order valence-corrected chi connectivity index (χ2v) is 7.56. The molecule has 1 aliphatic rings. The minimum Gasteiger partial charge on any atom is -0.444 e. The predicted octanol–water partition coefficient (Wildman–Crippen LogP) is 3.84. The Morgan fingerprint density at radius 3 is 2.86 bits per heavy atom. The fraction of sp³-hybridized carbons (Fsp3) is 0.562. The Morgan fingerprint density at radius 2 is 2.18 bits per heavy atom. The number of nitrogen functional groups attached to an aromatic ring is 1. The van der Waals surface area contributed by atoms with Crippen LogP contribution in [0.25, 0.3) is 0 Å². The number of rotatable bonds is 2. The van der Waals surface area contributed by atoms with Gasteiger partial charge in [0, 0.05) is 23.6 Å². The lowest BCUT2D eigenvalue weighted by Crippen LogP contribution is -2.47. The molecule has 0 saturated carbocycles. The zero-order valence-electron chi connectivity index (χ0n) is 13.4. The SMILES string of the molecule is CC(C)(C)OC(=O)N1CCCC(Nc2cc(Br)ccc2N)C1. The number of carbonyl (C=O) groups excluding carboxylic acids is 1. The summed E-state index contributed by atoms with van der Waals surface area (Å²) in [7, 11) is 0. The smallest absolute Gasteiger partial charge is 0.410 e. The highest BCUT2D eigenvalue weighted by Crippen LogP contribution is 2.26.